The number of aryl methyl sites for hydroxylation is 1. The van der Waals surface area contributed by atoms with Crippen LogP contribution in [0.15, 0.2) is 23.1 Å². The van der Waals surface area contributed by atoms with Gasteiger partial charge in [-0.05, 0) is 30.2 Å². The first-order chi connectivity index (χ1) is 8.65. The van der Waals surface area contributed by atoms with E-state index in [-0.39, 0.29) is 17.2 Å². The average molecular weight is 306 g/mol. The third kappa shape index (κ3) is 4.90. The largest absolute Gasteiger partial charge is 0.326 e. The zero-order valence-electron chi connectivity index (χ0n) is 10.9. The number of nitrogens with one attached hydrogen (secondary N) is 1. The Balaban J connectivity index is 2.86. The SMILES string of the molecule is Cc1cc(S(=O)(=O)NCCS(C)(=O)=O)ccc1CN. The first-order valence-electron chi connectivity index (χ1n) is 5.63. The number of hydrogen-bond acceptors (Lipinski definition) is 5. The third-order valence-corrected chi connectivity index (χ3v) is 5.01. The maximum absolute atomic E-state index is 11.9. The van der Waals surface area contributed by atoms with Gasteiger partial charge in [-0.1, -0.05) is 6.07 Å². The van der Waals surface area contributed by atoms with E-state index in [0.29, 0.717) is 6.54 Å². The Morgan fingerprint density at radius 2 is 1.84 bits per heavy atom. The van der Waals surface area contributed by atoms with Crippen LogP contribution >= 0.6 is 0 Å². The van der Waals surface area contributed by atoms with Gasteiger partial charge >= 0.3 is 0 Å². The Labute approximate surface area is 114 Å². The first kappa shape index (κ1) is 16.1. The van der Waals surface area contributed by atoms with Crippen molar-refractivity contribution in [2.45, 2.75) is 18.4 Å². The summed E-state index contributed by atoms with van der Waals surface area (Å²) >= 11 is 0. The van der Waals surface area contributed by atoms with Crippen molar-refractivity contribution in [3.8, 4) is 0 Å². The number of nitrogens with two attached hydrogens (primary N) is 1. The van der Waals surface area contributed by atoms with E-state index in [1.807, 2.05) is 0 Å². The van der Waals surface area contributed by atoms with E-state index in [4.69, 9.17) is 5.73 Å². The summed E-state index contributed by atoms with van der Waals surface area (Å²) in [7, 11) is -6.88. The van der Waals surface area contributed by atoms with Gasteiger partial charge in [-0.15, -0.1) is 0 Å². The topological polar surface area (TPSA) is 106 Å². The molecule has 0 saturated heterocycles. The molecule has 0 atom stereocenters. The number of sulfonamides is 1. The monoisotopic (exact) mass is 306 g/mol. The molecule has 0 fully saturated rings. The van der Waals surface area contributed by atoms with E-state index < -0.39 is 19.9 Å². The second kappa shape index (κ2) is 6.00. The summed E-state index contributed by atoms with van der Waals surface area (Å²) in [5.41, 5.74) is 7.16. The summed E-state index contributed by atoms with van der Waals surface area (Å²) in [5, 5.41) is 0. The molecule has 0 spiro atoms. The van der Waals surface area contributed by atoms with Crippen LogP contribution in [0, 0.1) is 6.92 Å². The predicted molar refractivity (Wildman–Crippen MR) is 74.0 cm³/mol. The maximum atomic E-state index is 11.9. The highest BCUT2D eigenvalue weighted by Crippen LogP contribution is 2.14. The Morgan fingerprint density at radius 3 is 2.32 bits per heavy atom. The lowest BCUT2D eigenvalue weighted by molar-refractivity contribution is 0.582. The van der Waals surface area contributed by atoms with E-state index in [9.17, 15) is 16.8 Å². The van der Waals surface area contributed by atoms with E-state index in [1.54, 1.807) is 13.0 Å². The Kier molecular flexibility index (Phi) is 5.08. The van der Waals surface area contributed by atoms with Gasteiger partial charge < -0.3 is 5.73 Å². The quantitative estimate of drug-likeness (QED) is 0.755. The number of hydrogen-bond donors (Lipinski definition) is 2. The molecule has 0 aliphatic carbocycles. The molecule has 0 aromatic heterocycles. The van der Waals surface area contributed by atoms with Crippen LogP contribution < -0.4 is 10.5 Å². The minimum Gasteiger partial charge on any atom is -0.326 e. The molecule has 0 unspecified atom stereocenters. The first-order valence-corrected chi connectivity index (χ1v) is 9.17. The zero-order chi connectivity index (χ0) is 14.7. The van der Waals surface area contributed by atoms with Gasteiger partial charge in [0.2, 0.25) is 10.0 Å². The van der Waals surface area contributed by atoms with Gasteiger partial charge in [-0.3, -0.25) is 0 Å². The molecule has 0 aliphatic heterocycles. The van der Waals surface area contributed by atoms with Crippen LogP contribution in [0.1, 0.15) is 11.1 Å². The van der Waals surface area contributed by atoms with Gasteiger partial charge in [0.1, 0.15) is 9.84 Å². The van der Waals surface area contributed by atoms with Gasteiger partial charge in [-0.25, -0.2) is 21.6 Å². The molecule has 0 amide bonds. The van der Waals surface area contributed by atoms with E-state index in [0.717, 1.165) is 17.4 Å². The maximum Gasteiger partial charge on any atom is 0.240 e. The van der Waals surface area contributed by atoms with Crippen LogP contribution in [0.3, 0.4) is 0 Å². The summed E-state index contributed by atoms with van der Waals surface area (Å²) in [5.74, 6) is -0.230. The molecule has 0 heterocycles. The van der Waals surface area contributed by atoms with Crippen LogP contribution in [-0.2, 0) is 26.4 Å². The van der Waals surface area contributed by atoms with Crippen LogP contribution in [-0.4, -0.2) is 35.4 Å². The molecule has 1 aromatic rings. The van der Waals surface area contributed by atoms with Gasteiger partial charge in [0.25, 0.3) is 0 Å². The second-order valence-corrected chi connectivity index (χ2v) is 8.35. The second-order valence-electron chi connectivity index (χ2n) is 4.32. The Bertz CT molecular complexity index is 651. The van der Waals surface area contributed by atoms with Crippen molar-refractivity contribution >= 4 is 19.9 Å². The highest BCUT2D eigenvalue weighted by atomic mass is 32.2. The fraction of sp³-hybridized carbons (Fsp3) is 0.455. The molecule has 1 aromatic carbocycles. The normalized spacial score (nSPS) is 12.6. The van der Waals surface area contributed by atoms with Gasteiger partial charge in [-0.2, -0.15) is 0 Å². The third-order valence-electron chi connectivity index (χ3n) is 2.61. The summed E-state index contributed by atoms with van der Waals surface area (Å²) in [6.07, 6.45) is 1.06. The highest BCUT2D eigenvalue weighted by molar-refractivity contribution is 7.91. The minimum atomic E-state index is -3.69. The van der Waals surface area contributed by atoms with Gasteiger partial charge in [0.05, 0.1) is 10.6 Å². The van der Waals surface area contributed by atoms with Crippen molar-refractivity contribution in [2.75, 3.05) is 18.6 Å². The molecule has 8 heteroatoms. The molecule has 1 rings (SSSR count). The van der Waals surface area contributed by atoms with E-state index in [1.165, 1.54) is 12.1 Å². The van der Waals surface area contributed by atoms with Crippen molar-refractivity contribution in [1.29, 1.82) is 0 Å². The van der Waals surface area contributed by atoms with Crippen molar-refractivity contribution in [1.82, 2.24) is 4.72 Å². The Morgan fingerprint density at radius 1 is 1.21 bits per heavy atom. The van der Waals surface area contributed by atoms with Crippen LogP contribution in [0.5, 0.6) is 0 Å². The van der Waals surface area contributed by atoms with E-state index in [2.05, 4.69) is 4.72 Å². The van der Waals surface area contributed by atoms with Crippen molar-refractivity contribution in [2.24, 2.45) is 5.73 Å². The lowest BCUT2D eigenvalue weighted by Crippen LogP contribution is -2.29. The fourth-order valence-electron chi connectivity index (χ4n) is 1.51. The van der Waals surface area contributed by atoms with Crippen molar-refractivity contribution in [3.63, 3.8) is 0 Å². The molecule has 19 heavy (non-hydrogen) atoms. The summed E-state index contributed by atoms with van der Waals surface area (Å²) < 4.78 is 48.0. The summed E-state index contributed by atoms with van der Waals surface area (Å²) in [6, 6.07) is 4.63. The van der Waals surface area contributed by atoms with Crippen molar-refractivity contribution in [3.05, 3.63) is 29.3 Å². The standard InChI is InChI=1S/C11H18N2O4S2/c1-9-7-11(4-3-10(9)8-12)19(16,17)13-5-6-18(2,14)15/h3-4,7,13H,5-6,8,12H2,1-2H3. The van der Waals surface area contributed by atoms with E-state index >= 15 is 0 Å². The molecule has 3 N–H and O–H groups in total. The predicted octanol–water partition coefficient (Wildman–Crippen LogP) is -0.223. The fourth-order valence-corrected chi connectivity index (χ4v) is 3.23. The molecule has 108 valence electrons. The lowest BCUT2D eigenvalue weighted by atomic mass is 10.1. The molecular formula is C11H18N2O4S2. The minimum absolute atomic E-state index is 0.107. The van der Waals surface area contributed by atoms with Crippen LogP contribution in [0.2, 0.25) is 0 Å². The summed E-state index contributed by atoms with van der Waals surface area (Å²) in [6.45, 7) is 1.98. The van der Waals surface area contributed by atoms with Crippen LogP contribution in [0.4, 0.5) is 0 Å². The molecule has 0 bridgehead atoms. The highest BCUT2D eigenvalue weighted by Gasteiger charge is 2.15. The number of sulfone groups is 1. The Hall–Kier alpha value is -0.960. The number of rotatable bonds is 6. The average Bonchev–Trinajstić information content (AvgIpc) is 2.26. The zero-order valence-corrected chi connectivity index (χ0v) is 12.5. The molecule has 0 radical (unpaired) electrons. The van der Waals surface area contributed by atoms with Gasteiger partial charge in [0.15, 0.2) is 0 Å². The number of benzene rings is 1. The summed E-state index contributed by atoms with van der Waals surface area (Å²) in [4.78, 5) is 0.107. The molecule has 0 saturated carbocycles. The molecule has 0 aliphatic rings. The van der Waals surface area contributed by atoms with Gasteiger partial charge in [0, 0.05) is 19.3 Å². The smallest absolute Gasteiger partial charge is 0.240 e. The molecular weight excluding hydrogens is 288 g/mol. The van der Waals surface area contributed by atoms with Crippen molar-refractivity contribution < 1.29 is 16.8 Å². The lowest BCUT2D eigenvalue weighted by Gasteiger charge is -2.09. The van der Waals surface area contributed by atoms with Crippen LogP contribution in [0.25, 0.3) is 0 Å². The molecule has 6 nitrogen and oxygen atoms in total.